The van der Waals surface area contributed by atoms with E-state index in [2.05, 4.69) is 26.3 Å². The highest BCUT2D eigenvalue weighted by Gasteiger charge is 2.08. The molecule has 0 atom stereocenters. The average Bonchev–Trinajstić information content (AvgIpc) is 2.89. The van der Waals surface area contributed by atoms with Gasteiger partial charge in [-0.15, -0.1) is 0 Å². The molecule has 2 rings (SSSR count). The van der Waals surface area contributed by atoms with Crippen LogP contribution in [-0.2, 0) is 6.54 Å². The molecule has 19 heavy (non-hydrogen) atoms. The maximum atomic E-state index is 10.6. The number of benzene rings is 1. The minimum absolute atomic E-state index is 0.0777. The van der Waals surface area contributed by atoms with Gasteiger partial charge in [-0.2, -0.15) is 5.10 Å². The van der Waals surface area contributed by atoms with Gasteiger partial charge < -0.3 is 5.32 Å². The van der Waals surface area contributed by atoms with Crippen LogP contribution >= 0.6 is 15.9 Å². The minimum Gasteiger partial charge on any atom is -0.384 e. The minimum atomic E-state index is -0.410. The van der Waals surface area contributed by atoms with Crippen LogP contribution in [0, 0.1) is 10.1 Å². The maximum Gasteiger partial charge on any atom is 0.270 e. The molecule has 1 heterocycles. The van der Waals surface area contributed by atoms with Crippen molar-refractivity contribution in [3.05, 3.63) is 51.2 Å². The van der Waals surface area contributed by atoms with Gasteiger partial charge in [-0.05, 0) is 34.5 Å². The van der Waals surface area contributed by atoms with Gasteiger partial charge in [-0.1, -0.05) is 0 Å². The van der Waals surface area contributed by atoms with Crippen LogP contribution in [0.25, 0.3) is 0 Å². The van der Waals surface area contributed by atoms with Crippen molar-refractivity contribution in [1.82, 2.24) is 9.78 Å². The summed E-state index contributed by atoms with van der Waals surface area (Å²) in [6.45, 7) is 1.61. The summed E-state index contributed by atoms with van der Waals surface area (Å²) in [6.07, 6.45) is 4.59. The van der Waals surface area contributed by atoms with E-state index in [-0.39, 0.29) is 5.69 Å². The molecular weight excluding hydrogens is 312 g/mol. The molecule has 2 aromatic rings. The first-order valence-corrected chi connectivity index (χ1v) is 6.61. The lowest BCUT2D eigenvalue weighted by Gasteiger charge is -2.08. The molecule has 1 aromatic carbocycles. The van der Waals surface area contributed by atoms with E-state index in [0.29, 0.717) is 4.47 Å². The van der Waals surface area contributed by atoms with Gasteiger partial charge in [0.25, 0.3) is 5.69 Å². The van der Waals surface area contributed by atoms with Crippen molar-refractivity contribution in [1.29, 1.82) is 0 Å². The molecule has 0 aliphatic rings. The van der Waals surface area contributed by atoms with Crippen LogP contribution in [0.4, 0.5) is 11.4 Å². The van der Waals surface area contributed by atoms with Crippen molar-refractivity contribution in [3.8, 4) is 0 Å². The lowest BCUT2D eigenvalue weighted by atomic mass is 10.3. The zero-order chi connectivity index (χ0) is 13.7. The van der Waals surface area contributed by atoms with Crippen molar-refractivity contribution in [2.45, 2.75) is 13.0 Å². The van der Waals surface area contributed by atoms with E-state index < -0.39 is 4.92 Å². The van der Waals surface area contributed by atoms with E-state index in [0.717, 1.165) is 25.2 Å². The molecule has 0 spiro atoms. The second-order valence-corrected chi connectivity index (χ2v) is 4.83. The third kappa shape index (κ3) is 3.78. The summed E-state index contributed by atoms with van der Waals surface area (Å²) in [7, 11) is 0. The van der Waals surface area contributed by atoms with Gasteiger partial charge in [0.15, 0.2) is 0 Å². The number of rotatable bonds is 6. The summed E-state index contributed by atoms with van der Waals surface area (Å²) in [5, 5.41) is 18.0. The number of aryl methyl sites for hydroxylation is 1. The van der Waals surface area contributed by atoms with Gasteiger partial charge in [0, 0.05) is 47.8 Å². The van der Waals surface area contributed by atoms with Crippen molar-refractivity contribution >= 4 is 27.3 Å². The quantitative estimate of drug-likeness (QED) is 0.503. The number of hydrogen-bond acceptors (Lipinski definition) is 4. The van der Waals surface area contributed by atoms with Crippen LogP contribution in [0.5, 0.6) is 0 Å². The Morgan fingerprint density at radius 1 is 1.47 bits per heavy atom. The summed E-state index contributed by atoms with van der Waals surface area (Å²) in [4.78, 5) is 10.2. The fourth-order valence-corrected chi connectivity index (χ4v) is 2.16. The van der Waals surface area contributed by atoms with Gasteiger partial charge >= 0.3 is 0 Å². The zero-order valence-electron chi connectivity index (χ0n) is 10.1. The summed E-state index contributed by atoms with van der Waals surface area (Å²) >= 11 is 3.32. The van der Waals surface area contributed by atoms with Gasteiger partial charge in [-0.3, -0.25) is 14.8 Å². The lowest BCUT2D eigenvalue weighted by molar-refractivity contribution is -0.384. The monoisotopic (exact) mass is 324 g/mol. The highest BCUT2D eigenvalue weighted by Crippen LogP contribution is 2.26. The molecule has 0 fully saturated rings. The van der Waals surface area contributed by atoms with E-state index in [1.165, 1.54) is 12.1 Å². The average molecular weight is 325 g/mol. The van der Waals surface area contributed by atoms with E-state index in [1.807, 2.05) is 16.9 Å². The fraction of sp³-hybridized carbons (Fsp3) is 0.250. The fourth-order valence-electron chi connectivity index (χ4n) is 1.66. The predicted molar refractivity (Wildman–Crippen MR) is 76.1 cm³/mol. The first-order valence-electron chi connectivity index (χ1n) is 5.82. The molecule has 0 aliphatic carbocycles. The molecule has 1 aromatic heterocycles. The molecule has 0 saturated heterocycles. The third-order valence-electron chi connectivity index (χ3n) is 2.60. The van der Waals surface area contributed by atoms with Gasteiger partial charge in [0.1, 0.15) is 0 Å². The van der Waals surface area contributed by atoms with E-state index in [1.54, 1.807) is 12.3 Å². The molecule has 0 bridgehead atoms. The molecule has 0 aliphatic heterocycles. The molecule has 0 amide bonds. The number of nitrogens with zero attached hydrogens (tertiary/aromatic N) is 3. The van der Waals surface area contributed by atoms with Gasteiger partial charge in [0.05, 0.1) is 4.92 Å². The first-order chi connectivity index (χ1) is 9.16. The molecule has 6 nitrogen and oxygen atoms in total. The van der Waals surface area contributed by atoms with Crippen LogP contribution in [0.1, 0.15) is 6.42 Å². The summed E-state index contributed by atoms with van der Waals surface area (Å²) in [6, 6.07) is 6.58. The summed E-state index contributed by atoms with van der Waals surface area (Å²) in [5.41, 5.74) is 0.931. The van der Waals surface area contributed by atoms with E-state index >= 15 is 0 Å². The second kappa shape index (κ2) is 6.33. The molecular formula is C12H13BrN4O2. The van der Waals surface area contributed by atoms with Gasteiger partial charge in [-0.25, -0.2) is 0 Å². The van der Waals surface area contributed by atoms with Crippen LogP contribution < -0.4 is 5.32 Å². The summed E-state index contributed by atoms with van der Waals surface area (Å²) < 4.78 is 2.56. The topological polar surface area (TPSA) is 73.0 Å². The Labute approximate surface area is 118 Å². The number of aromatic nitrogens is 2. The van der Waals surface area contributed by atoms with Crippen LogP contribution in [0.3, 0.4) is 0 Å². The molecule has 1 N–H and O–H groups in total. The molecule has 0 saturated carbocycles. The number of hydrogen-bond donors (Lipinski definition) is 1. The number of non-ortho nitro benzene ring substituents is 1. The lowest BCUT2D eigenvalue weighted by Crippen LogP contribution is -2.07. The standard InChI is InChI=1S/C12H13BrN4O2/c13-11-9-10(17(18)19)3-4-12(11)14-5-1-7-16-8-2-6-15-16/h2-4,6,8-9,14H,1,5,7H2. The second-order valence-electron chi connectivity index (χ2n) is 3.97. The Hall–Kier alpha value is -1.89. The Morgan fingerprint density at radius 3 is 2.95 bits per heavy atom. The molecule has 0 radical (unpaired) electrons. The first kappa shape index (κ1) is 13.5. The SMILES string of the molecule is O=[N+]([O-])c1ccc(NCCCn2cccn2)c(Br)c1. The third-order valence-corrected chi connectivity index (χ3v) is 3.26. The van der Waals surface area contributed by atoms with Crippen molar-refractivity contribution < 1.29 is 4.92 Å². The summed E-state index contributed by atoms with van der Waals surface area (Å²) in [5.74, 6) is 0. The van der Waals surface area contributed by atoms with Crippen molar-refractivity contribution in [2.24, 2.45) is 0 Å². The number of halogens is 1. The van der Waals surface area contributed by atoms with Crippen LogP contribution in [0.2, 0.25) is 0 Å². The molecule has 7 heteroatoms. The van der Waals surface area contributed by atoms with E-state index in [4.69, 9.17) is 0 Å². The molecule has 0 unspecified atom stereocenters. The smallest absolute Gasteiger partial charge is 0.270 e. The number of nitro groups is 1. The zero-order valence-corrected chi connectivity index (χ0v) is 11.7. The highest BCUT2D eigenvalue weighted by atomic mass is 79.9. The highest BCUT2D eigenvalue weighted by molar-refractivity contribution is 9.10. The number of anilines is 1. The molecule has 100 valence electrons. The van der Waals surface area contributed by atoms with Crippen LogP contribution in [0.15, 0.2) is 41.1 Å². The Balaban J connectivity index is 1.84. The Kier molecular flexibility index (Phi) is 4.51. The van der Waals surface area contributed by atoms with Crippen molar-refractivity contribution in [2.75, 3.05) is 11.9 Å². The maximum absolute atomic E-state index is 10.6. The van der Waals surface area contributed by atoms with Gasteiger partial charge in [0.2, 0.25) is 0 Å². The number of nitrogens with one attached hydrogen (secondary N) is 1. The Morgan fingerprint density at radius 2 is 2.32 bits per heavy atom. The largest absolute Gasteiger partial charge is 0.384 e. The Bertz CT molecular complexity index is 557. The van der Waals surface area contributed by atoms with Crippen LogP contribution in [-0.4, -0.2) is 21.2 Å². The predicted octanol–water partition coefficient (Wildman–Crippen LogP) is 3.06. The number of nitro benzene ring substituents is 1. The normalized spacial score (nSPS) is 10.4. The van der Waals surface area contributed by atoms with E-state index in [9.17, 15) is 10.1 Å². The van der Waals surface area contributed by atoms with Crippen molar-refractivity contribution in [3.63, 3.8) is 0 Å².